The number of nitrogens with zero attached hydrogens (tertiary/aromatic N) is 2. The first-order valence-corrected chi connectivity index (χ1v) is 46.2. The molecule has 3 nitrogen and oxygen atoms in total. The van der Waals surface area contributed by atoms with Gasteiger partial charge in [-0.1, -0.05) is 447 Å². The van der Waals surface area contributed by atoms with Gasteiger partial charge in [-0.2, -0.15) is 0 Å². The highest BCUT2D eigenvalue weighted by Gasteiger charge is 2.49. The van der Waals surface area contributed by atoms with Crippen LogP contribution in [0.2, 0.25) is 0 Å². The lowest BCUT2D eigenvalue weighted by atomic mass is 9.68. The number of hydrogen-bond donors (Lipinski definition) is 1. The van der Waals surface area contributed by atoms with Crippen LogP contribution in [0.4, 0.5) is 45.5 Å². The predicted molar refractivity (Wildman–Crippen MR) is 567 cm³/mol. The van der Waals surface area contributed by atoms with E-state index in [1.807, 2.05) is 18.2 Å². The van der Waals surface area contributed by atoms with E-state index in [1.54, 1.807) is 0 Å². The van der Waals surface area contributed by atoms with Crippen LogP contribution in [0, 0.1) is 0 Å². The molecule has 628 valence electrons. The molecule has 0 unspecified atom stereocenters. The summed E-state index contributed by atoms with van der Waals surface area (Å²) in [6.07, 6.45) is 0. The minimum absolute atomic E-state index is 0. The van der Waals surface area contributed by atoms with Crippen molar-refractivity contribution in [3.05, 3.63) is 573 Å². The molecule has 0 aromatic heterocycles. The van der Waals surface area contributed by atoms with Gasteiger partial charge in [0.2, 0.25) is 0 Å². The van der Waals surface area contributed by atoms with Crippen LogP contribution in [-0.2, 0) is 16.2 Å². The van der Waals surface area contributed by atoms with E-state index in [0.29, 0.717) is 0 Å². The smallest absolute Gasteiger partial charge is 0.0713 e. The molecular formula is C127H91Br2N3. The number of anilines is 8. The van der Waals surface area contributed by atoms with Crippen LogP contribution in [0.3, 0.4) is 0 Å². The molecule has 0 saturated carbocycles. The molecule has 0 atom stereocenters. The second kappa shape index (κ2) is 33.9. The quantitative estimate of drug-likeness (QED) is 0.110. The number of rotatable bonds is 14. The fourth-order valence-corrected chi connectivity index (χ4v) is 23.2. The summed E-state index contributed by atoms with van der Waals surface area (Å²) in [7, 11) is 0. The Labute approximate surface area is 788 Å². The molecule has 0 heterocycles. The highest BCUT2D eigenvalue weighted by atomic mass is 79.9. The van der Waals surface area contributed by atoms with Crippen LogP contribution in [0.15, 0.2) is 506 Å². The summed E-state index contributed by atoms with van der Waals surface area (Å²) in [5.41, 5.74) is 30.8. The average Bonchev–Trinajstić information content (AvgIpc) is 1.55. The maximum Gasteiger partial charge on any atom is 0.0713 e. The molecule has 0 fully saturated rings. The Balaban J connectivity index is 0.000000158. The zero-order valence-electron chi connectivity index (χ0n) is 71.0. The highest BCUT2D eigenvalue weighted by molar-refractivity contribution is 9.11. The lowest BCUT2D eigenvalue weighted by Gasteiger charge is -2.34. The van der Waals surface area contributed by atoms with E-state index < -0.39 is 10.8 Å². The van der Waals surface area contributed by atoms with Crippen molar-refractivity contribution in [1.29, 1.82) is 0 Å². The molecule has 132 heavy (non-hydrogen) atoms. The largest absolute Gasteiger partial charge is 0.356 e. The van der Waals surface area contributed by atoms with Gasteiger partial charge in [0.05, 0.1) is 27.6 Å². The molecule has 0 amide bonds. The monoisotopic (exact) mass is 1820 g/mol. The van der Waals surface area contributed by atoms with E-state index >= 15 is 0 Å². The van der Waals surface area contributed by atoms with E-state index in [4.69, 9.17) is 0 Å². The van der Waals surface area contributed by atoms with E-state index in [0.717, 1.165) is 54.4 Å². The predicted octanol–water partition coefficient (Wildman–Crippen LogP) is 35.4. The SMILES string of the molecule is Brc1ccc2ccc3c(Br)ccc4ccc1c2c43.C.C.c1ccc(N(c2ccc(C3(c4ccccc4)c4ccccc4-c4ccccc43)cc2)c2ccc3ccc4c(N(c5ccccc5)c5ccc(C6(c7ccccc7)c7ccccc7-c7ccccc76)cc5)ccc5ccc2c3c54)cc1.c1ccc(Nc2ccc(C3(c4ccccc4)c4ccccc4-c4ccccc43)cc2)cc1. The number of nitrogens with one attached hydrogen (secondary N) is 1. The van der Waals surface area contributed by atoms with Crippen molar-refractivity contribution in [2.75, 3.05) is 15.1 Å². The summed E-state index contributed by atoms with van der Waals surface area (Å²) in [4.78, 5) is 4.90. The van der Waals surface area contributed by atoms with Gasteiger partial charge in [-0.3, -0.25) is 0 Å². The summed E-state index contributed by atoms with van der Waals surface area (Å²) in [6, 6.07) is 182. The Bertz CT molecular complexity index is 7680. The topological polar surface area (TPSA) is 18.5 Å². The molecule has 1 N–H and O–H groups in total. The van der Waals surface area contributed by atoms with Crippen LogP contribution in [0.25, 0.3) is 98.0 Å². The van der Waals surface area contributed by atoms with Crippen LogP contribution >= 0.6 is 31.9 Å². The van der Waals surface area contributed by atoms with Crippen molar-refractivity contribution in [1.82, 2.24) is 0 Å². The molecule has 3 aliphatic carbocycles. The molecule has 23 aromatic carbocycles. The second-order valence-electron chi connectivity index (χ2n) is 34.2. The van der Waals surface area contributed by atoms with Gasteiger partial charge in [-0.15, -0.1) is 0 Å². The van der Waals surface area contributed by atoms with E-state index in [1.165, 1.54) is 165 Å². The van der Waals surface area contributed by atoms with Crippen molar-refractivity contribution in [2.45, 2.75) is 31.1 Å². The van der Waals surface area contributed by atoms with E-state index in [-0.39, 0.29) is 20.3 Å². The normalized spacial score (nSPS) is 13.0. The summed E-state index contributed by atoms with van der Waals surface area (Å²) in [6.45, 7) is 0. The van der Waals surface area contributed by atoms with Crippen molar-refractivity contribution in [3.8, 4) is 33.4 Å². The van der Waals surface area contributed by atoms with Crippen molar-refractivity contribution < 1.29 is 0 Å². The van der Waals surface area contributed by atoms with Crippen LogP contribution < -0.4 is 15.1 Å². The fraction of sp³-hybridized carbons (Fsp3) is 0.0394. The Morgan fingerprint density at radius 2 is 0.386 bits per heavy atom. The van der Waals surface area contributed by atoms with Gasteiger partial charge in [0.1, 0.15) is 0 Å². The summed E-state index contributed by atoms with van der Waals surface area (Å²) >= 11 is 7.30. The Morgan fingerprint density at radius 1 is 0.174 bits per heavy atom. The number of benzene rings is 23. The first-order chi connectivity index (χ1) is 64.3. The third-order valence-corrected chi connectivity index (χ3v) is 29.0. The molecule has 0 bridgehead atoms. The number of fused-ring (bicyclic) bond motifs is 9. The number of para-hydroxylation sites is 3. The Morgan fingerprint density at radius 3 is 0.689 bits per heavy atom. The van der Waals surface area contributed by atoms with Gasteiger partial charge in [-0.05, 0) is 251 Å². The van der Waals surface area contributed by atoms with Gasteiger partial charge in [-0.25, -0.2) is 0 Å². The fourth-order valence-electron chi connectivity index (χ4n) is 22.2. The maximum atomic E-state index is 3.65. The van der Waals surface area contributed by atoms with Crippen LogP contribution in [0.1, 0.15) is 81.6 Å². The highest BCUT2D eigenvalue weighted by Crippen LogP contribution is 2.61. The third-order valence-electron chi connectivity index (χ3n) is 27.7. The molecule has 0 aliphatic heterocycles. The summed E-state index contributed by atoms with van der Waals surface area (Å²) < 4.78 is 2.31. The second-order valence-corrected chi connectivity index (χ2v) is 35.9. The van der Waals surface area contributed by atoms with Gasteiger partial charge < -0.3 is 15.1 Å². The first-order valence-electron chi connectivity index (χ1n) is 44.6. The van der Waals surface area contributed by atoms with Gasteiger partial charge in [0.25, 0.3) is 0 Å². The van der Waals surface area contributed by atoms with Crippen molar-refractivity contribution >= 4 is 142 Å². The van der Waals surface area contributed by atoms with Crippen molar-refractivity contribution in [3.63, 3.8) is 0 Å². The van der Waals surface area contributed by atoms with E-state index in [9.17, 15) is 0 Å². The van der Waals surface area contributed by atoms with E-state index in [2.05, 4.69) is 526 Å². The molecular weight excluding hydrogens is 1730 g/mol. The number of hydrogen-bond acceptors (Lipinski definition) is 3. The van der Waals surface area contributed by atoms with Gasteiger partial charge in [0.15, 0.2) is 0 Å². The van der Waals surface area contributed by atoms with Crippen LogP contribution in [0.5, 0.6) is 0 Å². The lowest BCUT2D eigenvalue weighted by Crippen LogP contribution is -2.28. The molecule has 0 spiro atoms. The summed E-state index contributed by atoms with van der Waals surface area (Å²) in [5.74, 6) is 0. The zero-order valence-corrected chi connectivity index (χ0v) is 74.2. The molecule has 26 rings (SSSR count). The van der Waals surface area contributed by atoms with Gasteiger partial charge >= 0.3 is 0 Å². The number of halogens is 2. The van der Waals surface area contributed by atoms with Crippen LogP contribution in [-0.4, -0.2) is 0 Å². The standard InChI is InChI=1S/C78H52N2.C31H23N.C16H8Br2.2CH4/c1-5-21-55(22-6-1)77(69-33-17-13-29-63(69)64-30-14-18-34-70(64)77)57-41-45-61(46-42-57)79(59-25-9-3-10-26-59)73-51-39-53-38-50-68-74(52-40-54-37-49-67(73)75(53)76(54)68)80(60-27-11-4-12-28-60)62-47-43-58(44-48-62)78(56-23-7-2-8-24-56)71-35-19-15-31-65(71)66-32-16-20-36-72(66)78;1-3-11-23(12-4-1)31(24-19-21-26(22-20-24)32-25-13-5-2-6-14-25)29-17-9-7-15-27(29)28-16-8-10-18-30(28)31;17-13-8-4-10-2-6-12-14(18)7-3-9-1-5-11(13)16(10)15(9)12;;/h1-52H;1-22,32H;1-8H;2*1H4. The molecule has 3 aliphatic rings. The molecule has 0 radical (unpaired) electrons. The molecule has 5 heteroatoms. The Kier molecular flexibility index (Phi) is 21.1. The minimum Gasteiger partial charge on any atom is -0.356 e. The lowest BCUT2D eigenvalue weighted by molar-refractivity contribution is 0.768. The first kappa shape index (κ1) is 82.2. The third kappa shape index (κ3) is 13.0. The summed E-state index contributed by atoms with van der Waals surface area (Å²) in [5, 5.41) is 18.7. The maximum absolute atomic E-state index is 3.65. The minimum atomic E-state index is -0.482. The molecule has 23 aromatic rings. The zero-order chi connectivity index (χ0) is 86.4. The molecule has 0 saturated heterocycles. The van der Waals surface area contributed by atoms with Gasteiger partial charge in [0, 0.05) is 53.8 Å². The average molecular weight is 1820 g/mol. The van der Waals surface area contributed by atoms with Crippen molar-refractivity contribution in [2.24, 2.45) is 0 Å². The Hall–Kier alpha value is -15.5.